The number of thiophene rings is 1. The summed E-state index contributed by atoms with van der Waals surface area (Å²) in [5, 5.41) is 9.24. The fourth-order valence-corrected chi connectivity index (χ4v) is 5.16. The summed E-state index contributed by atoms with van der Waals surface area (Å²) in [6.45, 7) is 5.98. The summed E-state index contributed by atoms with van der Waals surface area (Å²) in [5.41, 5.74) is 5.03. The smallest absolute Gasteiger partial charge is 0.224 e. The van der Waals surface area contributed by atoms with Crippen molar-refractivity contribution in [3.05, 3.63) is 75.7 Å². The molecule has 1 saturated heterocycles. The number of carbonyl (C=O) groups is 1. The number of aryl methyl sites for hydroxylation is 2. The Morgan fingerprint density at radius 2 is 2.07 bits per heavy atom. The molecule has 7 heteroatoms. The average molecular weight is 437 g/mol. The number of amides is 1. The third kappa shape index (κ3) is 3.82. The van der Waals surface area contributed by atoms with Crippen molar-refractivity contribution >= 4 is 45.9 Å². The summed E-state index contributed by atoms with van der Waals surface area (Å²) in [4.78, 5) is 19.8. The zero-order valence-electron chi connectivity index (χ0n) is 17.2. The van der Waals surface area contributed by atoms with Crippen LogP contribution in [0.4, 0.5) is 11.4 Å². The number of hydrogen-bond donors (Lipinski definition) is 2. The van der Waals surface area contributed by atoms with Crippen LogP contribution in [0.2, 0.25) is 0 Å². The minimum absolute atomic E-state index is 0.00267. The Labute approximate surface area is 186 Å². The minimum Gasteiger partial charge on any atom is -0.351 e. The summed E-state index contributed by atoms with van der Waals surface area (Å²) < 4.78 is 0. The molecule has 4 rings (SSSR count). The second-order valence-corrected chi connectivity index (χ2v) is 8.70. The Bertz CT molecular complexity index is 1080. The van der Waals surface area contributed by atoms with E-state index in [-0.39, 0.29) is 18.0 Å². The van der Waals surface area contributed by atoms with E-state index < -0.39 is 0 Å². The van der Waals surface area contributed by atoms with Crippen LogP contribution in [-0.2, 0) is 4.79 Å². The normalized spacial score (nSPS) is 18.4. The maximum atomic E-state index is 11.8. The lowest BCUT2D eigenvalue weighted by Crippen LogP contribution is -2.29. The molecule has 1 aromatic carbocycles. The number of thiocarbonyl (C=S) groups is 1. The molecule has 1 fully saturated rings. The van der Waals surface area contributed by atoms with Crippen LogP contribution in [0.15, 0.2) is 54.0 Å². The van der Waals surface area contributed by atoms with Gasteiger partial charge < -0.3 is 15.5 Å². The van der Waals surface area contributed by atoms with Gasteiger partial charge in [0.2, 0.25) is 5.91 Å². The highest BCUT2D eigenvalue weighted by molar-refractivity contribution is 7.80. The SMILES string of the molecule is CCC(=O)Nc1ccc(N2C(=S)N[C@H](c3ccccn3)[C@H]2c2sccc2C)cc1C. The molecule has 1 amide bonds. The number of rotatable bonds is 5. The van der Waals surface area contributed by atoms with Crippen molar-refractivity contribution < 1.29 is 4.79 Å². The number of carbonyl (C=O) groups excluding carboxylic acids is 1. The summed E-state index contributed by atoms with van der Waals surface area (Å²) in [5.74, 6) is 0.00603. The highest BCUT2D eigenvalue weighted by Crippen LogP contribution is 2.44. The van der Waals surface area contributed by atoms with E-state index in [1.165, 1.54) is 10.4 Å². The molecule has 0 radical (unpaired) electrons. The van der Waals surface area contributed by atoms with Crippen molar-refractivity contribution in [3.8, 4) is 0 Å². The van der Waals surface area contributed by atoms with Gasteiger partial charge in [-0.25, -0.2) is 0 Å². The van der Waals surface area contributed by atoms with Crippen molar-refractivity contribution in [2.45, 2.75) is 39.3 Å². The Morgan fingerprint density at radius 3 is 2.70 bits per heavy atom. The molecule has 5 nitrogen and oxygen atoms in total. The van der Waals surface area contributed by atoms with Crippen LogP contribution in [0.5, 0.6) is 0 Å². The van der Waals surface area contributed by atoms with Crippen molar-refractivity contribution in [3.63, 3.8) is 0 Å². The van der Waals surface area contributed by atoms with Gasteiger partial charge >= 0.3 is 0 Å². The first-order chi connectivity index (χ1) is 14.5. The van der Waals surface area contributed by atoms with Gasteiger partial charge in [-0.15, -0.1) is 11.3 Å². The Hall–Kier alpha value is -2.77. The molecule has 0 saturated carbocycles. The van der Waals surface area contributed by atoms with Gasteiger partial charge in [0.05, 0.1) is 17.8 Å². The van der Waals surface area contributed by atoms with Gasteiger partial charge in [-0.2, -0.15) is 0 Å². The van der Waals surface area contributed by atoms with Crippen molar-refractivity contribution in [1.82, 2.24) is 10.3 Å². The third-order valence-electron chi connectivity index (χ3n) is 5.35. The van der Waals surface area contributed by atoms with Crippen LogP contribution in [0.1, 0.15) is 47.1 Å². The lowest BCUT2D eigenvalue weighted by molar-refractivity contribution is -0.115. The third-order valence-corrected chi connectivity index (χ3v) is 6.76. The molecule has 1 aliphatic heterocycles. The van der Waals surface area contributed by atoms with Gasteiger partial charge in [0.15, 0.2) is 5.11 Å². The van der Waals surface area contributed by atoms with Crippen LogP contribution in [0.3, 0.4) is 0 Å². The second-order valence-electron chi connectivity index (χ2n) is 7.37. The molecule has 2 aromatic heterocycles. The van der Waals surface area contributed by atoms with Crippen LogP contribution in [0.25, 0.3) is 0 Å². The molecule has 3 aromatic rings. The van der Waals surface area contributed by atoms with Crippen LogP contribution < -0.4 is 15.5 Å². The van der Waals surface area contributed by atoms with E-state index in [2.05, 4.69) is 45.0 Å². The number of pyridine rings is 1. The number of benzene rings is 1. The number of nitrogens with zero attached hydrogens (tertiary/aromatic N) is 2. The maximum Gasteiger partial charge on any atom is 0.224 e. The van der Waals surface area contributed by atoms with Gasteiger partial charge in [0.1, 0.15) is 0 Å². The maximum absolute atomic E-state index is 11.8. The predicted molar refractivity (Wildman–Crippen MR) is 127 cm³/mol. The van der Waals surface area contributed by atoms with Crippen LogP contribution in [0, 0.1) is 13.8 Å². The predicted octanol–water partition coefficient (Wildman–Crippen LogP) is 5.29. The van der Waals surface area contributed by atoms with Crippen LogP contribution >= 0.6 is 23.6 Å². The molecule has 3 heterocycles. The fourth-order valence-electron chi connectivity index (χ4n) is 3.76. The molecule has 30 heavy (non-hydrogen) atoms. The minimum atomic E-state index is -0.0455. The monoisotopic (exact) mass is 436 g/mol. The number of aromatic nitrogens is 1. The summed E-state index contributed by atoms with van der Waals surface area (Å²) in [7, 11) is 0. The number of anilines is 2. The molecule has 0 aliphatic carbocycles. The molecule has 0 bridgehead atoms. The molecule has 2 atom stereocenters. The van der Waals surface area contributed by atoms with Gasteiger partial charge in [-0.1, -0.05) is 13.0 Å². The molecular weight excluding hydrogens is 412 g/mol. The van der Waals surface area contributed by atoms with E-state index in [1.54, 1.807) is 11.3 Å². The van der Waals surface area contributed by atoms with Gasteiger partial charge in [-0.3, -0.25) is 9.78 Å². The molecule has 0 spiro atoms. The zero-order valence-corrected chi connectivity index (χ0v) is 18.8. The van der Waals surface area contributed by atoms with Gasteiger partial charge in [-0.05, 0) is 79.0 Å². The Balaban J connectivity index is 1.76. The lowest BCUT2D eigenvalue weighted by atomic mass is 10.00. The van der Waals surface area contributed by atoms with E-state index in [9.17, 15) is 4.79 Å². The first kappa shape index (κ1) is 20.5. The van der Waals surface area contributed by atoms with E-state index in [1.807, 2.05) is 50.4 Å². The molecule has 1 aliphatic rings. The van der Waals surface area contributed by atoms with Crippen LogP contribution in [-0.4, -0.2) is 16.0 Å². The summed E-state index contributed by atoms with van der Waals surface area (Å²) in [6, 6.07) is 14.1. The highest BCUT2D eigenvalue weighted by atomic mass is 32.1. The van der Waals surface area contributed by atoms with Crippen molar-refractivity contribution in [2.24, 2.45) is 0 Å². The molecule has 0 unspecified atom stereocenters. The lowest BCUT2D eigenvalue weighted by Gasteiger charge is -2.28. The molecule has 2 N–H and O–H groups in total. The highest BCUT2D eigenvalue weighted by Gasteiger charge is 2.42. The average Bonchev–Trinajstić information content (AvgIpc) is 3.32. The van der Waals surface area contributed by atoms with Gasteiger partial charge in [0.25, 0.3) is 0 Å². The Morgan fingerprint density at radius 1 is 1.23 bits per heavy atom. The number of hydrogen-bond acceptors (Lipinski definition) is 4. The van der Waals surface area contributed by atoms with E-state index >= 15 is 0 Å². The largest absolute Gasteiger partial charge is 0.351 e. The van der Waals surface area contributed by atoms with E-state index in [0.29, 0.717) is 11.5 Å². The van der Waals surface area contributed by atoms with E-state index in [4.69, 9.17) is 12.2 Å². The zero-order chi connectivity index (χ0) is 21.3. The first-order valence-electron chi connectivity index (χ1n) is 9.94. The standard InChI is InChI=1S/C23H24N4OS2/c1-4-19(28)25-17-9-8-16(13-15(17)3)27-21(22-14(2)10-12-30-22)20(26-23(27)29)18-7-5-6-11-24-18/h5-13,20-21H,4H2,1-3H3,(H,25,28)(H,26,29)/t20-,21+/m1/s1. The summed E-state index contributed by atoms with van der Waals surface area (Å²) in [6.07, 6.45) is 2.27. The van der Waals surface area contributed by atoms with Gasteiger partial charge in [0, 0.05) is 28.9 Å². The molecule has 154 valence electrons. The second kappa shape index (κ2) is 8.53. The van der Waals surface area contributed by atoms with E-state index in [0.717, 1.165) is 22.6 Å². The number of nitrogens with one attached hydrogen (secondary N) is 2. The van der Waals surface area contributed by atoms with Crippen molar-refractivity contribution in [1.29, 1.82) is 0 Å². The summed E-state index contributed by atoms with van der Waals surface area (Å²) >= 11 is 7.52. The first-order valence-corrected chi connectivity index (χ1v) is 11.2. The quantitative estimate of drug-likeness (QED) is 0.533. The topological polar surface area (TPSA) is 57.3 Å². The van der Waals surface area contributed by atoms with Crippen molar-refractivity contribution in [2.75, 3.05) is 10.2 Å². The Kier molecular flexibility index (Phi) is 5.83. The fraction of sp³-hybridized carbons (Fsp3) is 0.261. The molecular formula is C23H24N4OS2.